The van der Waals surface area contributed by atoms with Crippen molar-refractivity contribution in [1.29, 1.82) is 0 Å². The third-order valence-electron chi connectivity index (χ3n) is 3.46. The first-order valence-electron chi connectivity index (χ1n) is 6.55. The number of carbonyl (C=O) groups is 3. The lowest BCUT2D eigenvalue weighted by Crippen LogP contribution is -2.20. The molecule has 0 spiro atoms. The number of ketones is 2. The Bertz CT molecular complexity index is 786. The Hall–Kier alpha value is -2.27. The van der Waals surface area contributed by atoms with Crippen molar-refractivity contribution in [3.05, 3.63) is 45.8 Å². The molecule has 5 heteroatoms. The number of fused-ring (bicyclic) bond motifs is 3. The van der Waals surface area contributed by atoms with Gasteiger partial charge in [0.2, 0.25) is 11.6 Å². The lowest BCUT2D eigenvalue weighted by molar-refractivity contribution is 0.0531. The van der Waals surface area contributed by atoms with Crippen LogP contribution in [-0.4, -0.2) is 24.1 Å². The van der Waals surface area contributed by atoms with Crippen LogP contribution in [0.1, 0.15) is 42.9 Å². The summed E-state index contributed by atoms with van der Waals surface area (Å²) in [5, 5.41) is 0. The minimum absolute atomic E-state index is 0.268. The molecule has 1 heterocycles. The van der Waals surface area contributed by atoms with Crippen molar-refractivity contribution < 1.29 is 19.1 Å². The Labute approximate surface area is 125 Å². The second-order valence-corrected chi connectivity index (χ2v) is 5.71. The summed E-state index contributed by atoms with van der Waals surface area (Å²) in [6.07, 6.45) is 0. The summed E-state index contributed by atoms with van der Waals surface area (Å²) >= 11 is 1.21. The monoisotopic (exact) mass is 300 g/mol. The van der Waals surface area contributed by atoms with Crippen LogP contribution in [0.4, 0.5) is 0 Å². The van der Waals surface area contributed by atoms with Crippen LogP contribution in [0.3, 0.4) is 0 Å². The quantitative estimate of drug-likeness (QED) is 0.631. The third kappa shape index (κ3) is 1.93. The highest BCUT2D eigenvalue weighted by atomic mass is 32.1. The molecule has 0 aliphatic heterocycles. The van der Waals surface area contributed by atoms with Crippen LogP contribution in [0.5, 0.6) is 0 Å². The molecule has 0 fully saturated rings. The van der Waals surface area contributed by atoms with Crippen molar-refractivity contribution in [3.8, 4) is 10.4 Å². The van der Waals surface area contributed by atoms with E-state index < -0.39 is 17.5 Å². The predicted octanol–water partition coefficient (Wildman–Crippen LogP) is 3.28. The van der Waals surface area contributed by atoms with Gasteiger partial charge in [-0.15, -0.1) is 11.3 Å². The number of rotatable bonds is 2. The minimum Gasteiger partial charge on any atom is -0.462 e. The van der Waals surface area contributed by atoms with E-state index in [0.29, 0.717) is 32.0 Å². The Kier molecular flexibility index (Phi) is 3.22. The van der Waals surface area contributed by atoms with E-state index in [1.807, 2.05) is 6.07 Å². The molecule has 0 saturated heterocycles. The maximum absolute atomic E-state index is 12.3. The SMILES string of the molecule is CCOC(=O)c1sc2c(c1C)C(=O)C(=O)c1ccccc1-2. The Balaban J connectivity index is 2.26. The summed E-state index contributed by atoms with van der Waals surface area (Å²) in [4.78, 5) is 37.5. The van der Waals surface area contributed by atoms with Crippen molar-refractivity contribution in [3.63, 3.8) is 0 Å². The van der Waals surface area contributed by atoms with Crippen LogP contribution in [-0.2, 0) is 4.74 Å². The van der Waals surface area contributed by atoms with Gasteiger partial charge < -0.3 is 4.74 Å². The molecule has 3 rings (SSSR count). The third-order valence-corrected chi connectivity index (χ3v) is 4.76. The molecule has 1 aromatic carbocycles. The summed E-state index contributed by atoms with van der Waals surface area (Å²) < 4.78 is 5.01. The number of carbonyl (C=O) groups excluding carboxylic acids is 3. The lowest BCUT2D eigenvalue weighted by atomic mass is 9.87. The zero-order valence-corrected chi connectivity index (χ0v) is 12.4. The number of benzene rings is 1. The largest absolute Gasteiger partial charge is 0.462 e. The molecule has 21 heavy (non-hydrogen) atoms. The van der Waals surface area contributed by atoms with Gasteiger partial charge in [-0.05, 0) is 19.4 Å². The highest BCUT2D eigenvalue weighted by molar-refractivity contribution is 7.18. The highest BCUT2D eigenvalue weighted by Crippen LogP contribution is 2.42. The van der Waals surface area contributed by atoms with Crippen LogP contribution in [0.2, 0.25) is 0 Å². The summed E-state index contributed by atoms with van der Waals surface area (Å²) in [7, 11) is 0. The number of Topliss-reactive ketones (excluding diaryl/α,β-unsaturated/α-hetero) is 2. The average Bonchev–Trinajstić information content (AvgIpc) is 2.83. The fraction of sp³-hybridized carbons (Fsp3) is 0.188. The standard InChI is InChI=1S/C16H12O4S/c1-3-20-16(19)14-8(2)11-13(18)12(17)9-6-4-5-7-10(9)15(11)21-14/h4-7H,3H2,1-2H3. The van der Waals surface area contributed by atoms with Gasteiger partial charge in [-0.25, -0.2) is 4.79 Å². The highest BCUT2D eigenvalue weighted by Gasteiger charge is 2.35. The van der Waals surface area contributed by atoms with E-state index in [9.17, 15) is 14.4 Å². The van der Waals surface area contributed by atoms with Crippen molar-refractivity contribution in [2.45, 2.75) is 13.8 Å². The summed E-state index contributed by atoms with van der Waals surface area (Å²) in [5.74, 6) is -1.52. The maximum atomic E-state index is 12.3. The molecule has 2 aromatic rings. The van der Waals surface area contributed by atoms with Crippen LogP contribution >= 0.6 is 11.3 Å². The molecule has 0 saturated carbocycles. The van der Waals surface area contributed by atoms with Gasteiger partial charge in [-0.3, -0.25) is 9.59 Å². The van der Waals surface area contributed by atoms with E-state index in [4.69, 9.17) is 4.74 Å². The zero-order chi connectivity index (χ0) is 15.1. The molecule has 0 unspecified atom stereocenters. The average molecular weight is 300 g/mol. The molecular formula is C16H12O4S. The van der Waals surface area contributed by atoms with Crippen LogP contribution in [0.15, 0.2) is 24.3 Å². The lowest BCUT2D eigenvalue weighted by Gasteiger charge is -2.14. The van der Waals surface area contributed by atoms with Crippen LogP contribution in [0.25, 0.3) is 10.4 Å². The Morgan fingerprint density at radius 3 is 2.48 bits per heavy atom. The topological polar surface area (TPSA) is 60.4 Å². The number of hydrogen-bond acceptors (Lipinski definition) is 5. The number of ether oxygens (including phenoxy) is 1. The Morgan fingerprint density at radius 1 is 1.14 bits per heavy atom. The second-order valence-electron chi connectivity index (χ2n) is 4.68. The molecule has 106 valence electrons. The summed E-state index contributed by atoms with van der Waals surface area (Å²) in [6.45, 7) is 3.68. The van der Waals surface area contributed by atoms with Gasteiger partial charge in [-0.1, -0.05) is 24.3 Å². The molecule has 0 radical (unpaired) electrons. The molecule has 1 aromatic heterocycles. The van der Waals surface area contributed by atoms with Gasteiger partial charge in [0.05, 0.1) is 6.61 Å². The van der Waals surface area contributed by atoms with E-state index in [1.54, 1.807) is 32.0 Å². The first kappa shape index (κ1) is 13.7. The van der Waals surface area contributed by atoms with Crippen molar-refractivity contribution >= 4 is 28.9 Å². The number of esters is 1. The number of thiophene rings is 1. The first-order valence-corrected chi connectivity index (χ1v) is 7.36. The molecular weight excluding hydrogens is 288 g/mol. The fourth-order valence-corrected chi connectivity index (χ4v) is 3.72. The van der Waals surface area contributed by atoms with Gasteiger partial charge in [0, 0.05) is 21.6 Å². The zero-order valence-electron chi connectivity index (χ0n) is 11.6. The first-order chi connectivity index (χ1) is 10.1. The van der Waals surface area contributed by atoms with Gasteiger partial charge >= 0.3 is 5.97 Å². The van der Waals surface area contributed by atoms with E-state index >= 15 is 0 Å². The number of hydrogen-bond donors (Lipinski definition) is 0. The van der Waals surface area contributed by atoms with Crippen LogP contribution in [0, 0.1) is 6.92 Å². The Morgan fingerprint density at radius 2 is 1.81 bits per heavy atom. The maximum Gasteiger partial charge on any atom is 0.348 e. The molecule has 4 nitrogen and oxygen atoms in total. The molecule has 1 aliphatic carbocycles. The predicted molar refractivity (Wildman–Crippen MR) is 79.1 cm³/mol. The molecule has 1 aliphatic rings. The minimum atomic E-state index is -0.548. The van der Waals surface area contributed by atoms with Crippen molar-refractivity contribution in [2.24, 2.45) is 0 Å². The van der Waals surface area contributed by atoms with E-state index in [1.165, 1.54) is 11.3 Å². The van der Waals surface area contributed by atoms with Crippen molar-refractivity contribution in [2.75, 3.05) is 6.61 Å². The van der Waals surface area contributed by atoms with Gasteiger partial charge in [0.1, 0.15) is 4.88 Å². The summed E-state index contributed by atoms with van der Waals surface area (Å²) in [5.41, 5.74) is 1.97. The smallest absolute Gasteiger partial charge is 0.348 e. The summed E-state index contributed by atoms with van der Waals surface area (Å²) in [6, 6.07) is 6.97. The van der Waals surface area contributed by atoms with Gasteiger partial charge in [-0.2, -0.15) is 0 Å². The van der Waals surface area contributed by atoms with E-state index in [2.05, 4.69) is 0 Å². The van der Waals surface area contributed by atoms with E-state index in [0.717, 1.165) is 0 Å². The fourth-order valence-electron chi connectivity index (χ4n) is 2.48. The normalized spacial score (nSPS) is 12.9. The molecule has 0 N–H and O–H groups in total. The molecule has 0 atom stereocenters. The molecule has 0 bridgehead atoms. The second kappa shape index (κ2) is 4.93. The van der Waals surface area contributed by atoms with Crippen molar-refractivity contribution in [1.82, 2.24) is 0 Å². The van der Waals surface area contributed by atoms with Gasteiger partial charge in [0.25, 0.3) is 0 Å². The van der Waals surface area contributed by atoms with E-state index in [-0.39, 0.29) is 6.61 Å². The van der Waals surface area contributed by atoms with Gasteiger partial charge in [0.15, 0.2) is 0 Å². The van der Waals surface area contributed by atoms with Crippen LogP contribution < -0.4 is 0 Å². The molecule has 0 amide bonds.